The average Bonchev–Trinajstić information content (AvgIpc) is 2.05. The predicted octanol–water partition coefficient (Wildman–Crippen LogP) is 2.13. The lowest BCUT2D eigenvalue weighted by Crippen LogP contribution is -2.04. The Morgan fingerprint density at radius 2 is 1.90 bits per heavy atom. The van der Waals surface area contributed by atoms with Crippen LogP contribution in [0, 0.1) is 0 Å². The van der Waals surface area contributed by atoms with Crippen molar-refractivity contribution in [3.8, 4) is 0 Å². The highest BCUT2D eigenvalue weighted by Crippen LogP contribution is 2.11. The SMILES string of the molecule is CC(NP)c1ccccc1. The molecule has 0 spiro atoms. The number of hydrogen-bond donors (Lipinski definition) is 1. The van der Waals surface area contributed by atoms with Crippen LogP contribution in [-0.4, -0.2) is 0 Å². The first-order chi connectivity index (χ1) is 4.84. The molecule has 0 saturated carbocycles. The summed E-state index contributed by atoms with van der Waals surface area (Å²) in [5, 5.41) is 3.10. The molecule has 1 nitrogen and oxygen atoms in total. The Morgan fingerprint density at radius 3 is 2.40 bits per heavy atom. The summed E-state index contributed by atoms with van der Waals surface area (Å²) in [7, 11) is 2.52. The Bertz CT molecular complexity index is 186. The van der Waals surface area contributed by atoms with Gasteiger partial charge in [-0.3, -0.25) is 5.09 Å². The second-order valence-electron chi connectivity index (χ2n) is 2.30. The fourth-order valence-corrected chi connectivity index (χ4v) is 1.03. The van der Waals surface area contributed by atoms with Crippen molar-refractivity contribution < 1.29 is 0 Å². The second-order valence-corrected chi connectivity index (χ2v) is 2.63. The van der Waals surface area contributed by atoms with Crippen LogP contribution in [0.5, 0.6) is 0 Å². The molecule has 0 fully saturated rings. The van der Waals surface area contributed by atoms with Crippen LogP contribution in [0.15, 0.2) is 30.3 Å². The average molecular weight is 153 g/mol. The van der Waals surface area contributed by atoms with E-state index < -0.39 is 0 Å². The van der Waals surface area contributed by atoms with Crippen molar-refractivity contribution in [2.24, 2.45) is 0 Å². The molecule has 2 unspecified atom stereocenters. The maximum absolute atomic E-state index is 3.10. The Labute approximate surface area is 64.1 Å². The van der Waals surface area contributed by atoms with Crippen molar-refractivity contribution in [2.75, 3.05) is 0 Å². The molecular weight excluding hydrogens is 141 g/mol. The maximum atomic E-state index is 3.10. The number of nitrogens with one attached hydrogen (secondary N) is 1. The third kappa shape index (κ3) is 1.80. The maximum Gasteiger partial charge on any atom is 0.0323 e. The number of rotatable bonds is 2. The van der Waals surface area contributed by atoms with Crippen molar-refractivity contribution in [1.82, 2.24) is 5.09 Å². The van der Waals surface area contributed by atoms with E-state index >= 15 is 0 Å². The van der Waals surface area contributed by atoms with Crippen LogP contribution in [0.4, 0.5) is 0 Å². The van der Waals surface area contributed by atoms with Crippen LogP contribution in [0.2, 0.25) is 0 Å². The topological polar surface area (TPSA) is 12.0 Å². The zero-order chi connectivity index (χ0) is 7.40. The van der Waals surface area contributed by atoms with E-state index in [2.05, 4.69) is 33.5 Å². The highest BCUT2D eigenvalue weighted by molar-refractivity contribution is 7.13. The largest absolute Gasteiger partial charge is 0.294 e. The zero-order valence-corrected chi connectivity index (χ0v) is 7.20. The van der Waals surface area contributed by atoms with E-state index in [9.17, 15) is 0 Å². The first kappa shape index (κ1) is 7.71. The summed E-state index contributed by atoms with van der Waals surface area (Å²) in [5.41, 5.74) is 1.32. The standard InChI is InChI=1S/C8H12NP/c1-7(9-10)8-5-3-2-4-6-8/h2-7,9H,10H2,1H3. The quantitative estimate of drug-likeness (QED) is 0.642. The van der Waals surface area contributed by atoms with Gasteiger partial charge in [0.05, 0.1) is 0 Å². The smallest absolute Gasteiger partial charge is 0.0323 e. The minimum atomic E-state index is 0.422. The fraction of sp³-hybridized carbons (Fsp3) is 0.250. The van der Waals surface area contributed by atoms with Crippen LogP contribution in [-0.2, 0) is 0 Å². The molecular formula is C8H12NP. The lowest BCUT2D eigenvalue weighted by atomic mass is 10.1. The van der Waals surface area contributed by atoms with Gasteiger partial charge in [0.25, 0.3) is 0 Å². The van der Waals surface area contributed by atoms with Gasteiger partial charge in [-0.1, -0.05) is 39.7 Å². The molecule has 1 aromatic rings. The molecule has 1 rings (SSSR count). The molecule has 2 atom stereocenters. The summed E-state index contributed by atoms with van der Waals surface area (Å²) in [6.45, 7) is 2.13. The van der Waals surface area contributed by atoms with E-state index in [0.29, 0.717) is 6.04 Å². The van der Waals surface area contributed by atoms with Crippen molar-refractivity contribution in [2.45, 2.75) is 13.0 Å². The molecule has 0 aliphatic rings. The van der Waals surface area contributed by atoms with E-state index in [1.54, 1.807) is 0 Å². The van der Waals surface area contributed by atoms with Crippen molar-refractivity contribution in [1.29, 1.82) is 0 Å². The van der Waals surface area contributed by atoms with Crippen LogP contribution in [0.25, 0.3) is 0 Å². The summed E-state index contributed by atoms with van der Waals surface area (Å²) in [4.78, 5) is 0. The molecule has 2 heteroatoms. The molecule has 0 bridgehead atoms. The number of hydrogen-bond acceptors (Lipinski definition) is 1. The fourth-order valence-electron chi connectivity index (χ4n) is 0.838. The lowest BCUT2D eigenvalue weighted by molar-refractivity contribution is 0.755. The zero-order valence-electron chi connectivity index (χ0n) is 6.04. The molecule has 0 aliphatic carbocycles. The molecule has 0 saturated heterocycles. The Hall–Kier alpha value is -0.390. The molecule has 0 heterocycles. The van der Waals surface area contributed by atoms with Gasteiger partial charge in [-0.2, -0.15) is 0 Å². The third-order valence-corrected chi connectivity index (χ3v) is 2.05. The summed E-state index contributed by atoms with van der Waals surface area (Å²) >= 11 is 0. The van der Waals surface area contributed by atoms with Crippen molar-refractivity contribution in [3.63, 3.8) is 0 Å². The first-order valence-corrected chi connectivity index (χ1v) is 3.93. The van der Waals surface area contributed by atoms with Gasteiger partial charge < -0.3 is 0 Å². The summed E-state index contributed by atoms with van der Waals surface area (Å²) in [6.07, 6.45) is 0. The first-order valence-electron chi connectivity index (χ1n) is 3.35. The van der Waals surface area contributed by atoms with E-state index in [1.807, 2.05) is 18.2 Å². The van der Waals surface area contributed by atoms with Crippen LogP contribution in [0.3, 0.4) is 0 Å². The summed E-state index contributed by atoms with van der Waals surface area (Å²) < 4.78 is 0. The van der Waals surface area contributed by atoms with E-state index in [4.69, 9.17) is 0 Å². The van der Waals surface area contributed by atoms with Gasteiger partial charge in [0.1, 0.15) is 0 Å². The van der Waals surface area contributed by atoms with E-state index in [-0.39, 0.29) is 0 Å². The van der Waals surface area contributed by atoms with Crippen molar-refractivity contribution >= 4 is 9.39 Å². The van der Waals surface area contributed by atoms with Crippen LogP contribution >= 0.6 is 9.39 Å². The van der Waals surface area contributed by atoms with Crippen LogP contribution in [0.1, 0.15) is 18.5 Å². The molecule has 54 valence electrons. The minimum Gasteiger partial charge on any atom is -0.294 e. The second kappa shape index (κ2) is 3.70. The highest BCUT2D eigenvalue weighted by atomic mass is 31.0. The molecule has 1 aromatic carbocycles. The van der Waals surface area contributed by atoms with E-state index in [1.165, 1.54) is 5.56 Å². The number of benzene rings is 1. The van der Waals surface area contributed by atoms with Gasteiger partial charge in [0, 0.05) is 6.04 Å². The highest BCUT2D eigenvalue weighted by Gasteiger charge is 1.98. The lowest BCUT2D eigenvalue weighted by Gasteiger charge is -2.08. The molecule has 0 amide bonds. The third-order valence-electron chi connectivity index (χ3n) is 1.55. The van der Waals surface area contributed by atoms with Crippen molar-refractivity contribution in [3.05, 3.63) is 35.9 Å². The summed E-state index contributed by atoms with van der Waals surface area (Å²) in [5.74, 6) is 0. The molecule has 10 heavy (non-hydrogen) atoms. The van der Waals surface area contributed by atoms with E-state index in [0.717, 1.165) is 0 Å². The van der Waals surface area contributed by atoms with Gasteiger partial charge in [-0.25, -0.2) is 0 Å². The minimum absolute atomic E-state index is 0.422. The molecule has 0 radical (unpaired) electrons. The van der Waals surface area contributed by atoms with Gasteiger partial charge in [0.15, 0.2) is 0 Å². The van der Waals surface area contributed by atoms with Crippen LogP contribution < -0.4 is 5.09 Å². The van der Waals surface area contributed by atoms with Gasteiger partial charge in [0.2, 0.25) is 0 Å². The van der Waals surface area contributed by atoms with Gasteiger partial charge >= 0.3 is 0 Å². The molecule has 0 aromatic heterocycles. The van der Waals surface area contributed by atoms with Gasteiger partial charge in [-0.15, -0.1) is 0 Å². The predicted molar refractivity (Wildman–Crippen MR) is 47.7 cm³/mol. The normalized spacial score (nSPS) is 13.0. The Balaban J connectivity index is 2.75. The van der Waals surface area contributed by atoms with Gasteiger partial charge in [-0.05, 0) is 12.5 Å². The summed E-state index contributed by atoms with van der Waals surface area (Å²) in [6, 6.07) is 10.8. The molecule has 1 N–H and O–H groups in total. The Morgan fingerprint density at radius 1 is 1.30 bits per heavy atom. The monoisotopic (exact) mass is 153 g/mol. The molecule has 0 aliphatic heterocycles. The Kier molecular flexibility index (Phi) is 2.85.